The second kappa shape index (κ2) is 8.91. The highest BCUT2D eigenvalue weighted by molar-refractivity contribution is 14.1. The van der Waals surface area contributed by atoms with Crippen LogP contribution in [0.25, 0.3) is 33.1 Å². The normalized spacial score (nSPS) is 11.3. The minimum absolute atomic E-state index is 0.111. The van der Waals surface area contributed by atoms with Gasteiger partial charge in [0, 0.05) is 64.0 Å². The zero-order valence-electron chi connectivity index (χ0n) is 16.7. The van der Waals surface area contributed by atoms with Crippen LogP contribution in [0, 0.1) is 3.57 Å². The first-order valence-electron chi connectivity index (χ1n) is 9.60. The van der Waals surface area contributed by atoms with E-state index in [1.807, 2.05) is 60.3 Å². The van der Waals surface area contributed by atoms with Crippen molar-refractivity contribution in [3.8, 4) is 11.3 Å². The summed E-state index contributed by atoms with van der Waals surface area (Å²) in [5, 5.41) is 5.52. The first-order chi connectivity index (χ1) is 14.5. The van der Waals surface area contributed by atoms with Crippen molar-refractivity contribution in [1.29, 1.82) is 0 Å². The summed E-state index contributed by atoms with van der Waals surface area (Å²) in [5.74, 6) is -0.111. The van der Waals surface area contributed by atoms with Crippen molar-refractivity contribution in [2.45, 2.75) is 6.42 Å². The molecule has 7 heteroatoms. The maximum absolute atomic E-state index is 13.0. The van der Waals surface area contributed by atoms with E-state index in [0.717, 1.165) is 43.1 Å². The fraction of sp³-hybridized carbons (Fsp3) is 0.217. The summed E-state index contributed by atoms with van der Waals surface area (Å²) in [5.41, 5.74) is 4.16. The van der Waals surface area contributed by atoms with Gasteiger partial charge < -0.3 is 14.6 Å². The van der Waals surface area contributed by atoms with Gasteiger partial charge in [0.2, 0.25) is 0 Å². The number of aromatic nitrogens is 2. The molecule has 5 nitrogen and oxygen atoms in total. The lowest BCUT2D eigenvalue weighted by Crippen LogP contribution is -2.25. The number of nitrogens with one attached hydrogen (secondary N) is 1. The van der Waals surface area contributed by atoms with Crippen molar-refractivity contribution in [3.05, 3.63) is 62.8 Å². The van der Waals surface area contributed by atoms with Crippen LogP contribution < -0.4 is 5.32 Å². The SMILES string of the molecule is COCCCNC(=O)c1cc(-c2cn(C)c3ccc(Cl)cc23)nc2ccc(I)cc12. The Morgan fingerprint density at radius 3 is 2.83 bits per heavy atom. The molecule has 0 unspecified atom stereocenters. The molecule has 0 radical (unpaired) electrons. The van der Waals surface area contributed by atoms with Crippen molar-refractivity contribution in [2.24, 2.45) is 7.05 Å². The molecule has 0 saturated carbocycles. The average molecular weight is 534 g/mol. The molecule has 1 N–H and O–H groups in total. The van der Waals surface area contributed by atoms with Crippen LogP contribution >= 0.6 is 34.2 Å². The summed E-state index contributed by atoms with van der Waals surface area (Å²) in [6.07, 6.45) is 2.79. The maximum Gasteiger partial charge on any atom is 0.252 e. The van der Waals surface area contributed by atoms with Crippen LogP contribution in [0.3, 0.4) is 0 Å². The van der Waals surface area contributed by atoms with Crippen LogP contribution in [0.4, 0.5) is 0 Å². The average Bonchev–Trinajstić information content (AvgIpc) is 3.06. The monoisotopic (exact) mass is 533 g/mol. The summed E-state index contributed by atoms with van der Waals surface area (Å²) < 4.78 is 8.17. The molecule has 0 aliphatic carbocycles. The Bertz CT molecular complexity index is 1250. The van der Waals surface area contributed by atoms with Crippen molar-refractivity contribution in [1.82, 2.24) is 14.9 Å². The number of hydrogen-bond acceptors (Lipinski definition) is 3. The third-order valence-corrected chi connectivity index (χ3v) is 5.96. The molecule has 0 atom stereocenters. The highest BCUT2D eigenvalue weighted by Crippen LogP contribution is 2.33. The zero-order chi connectivity index (χ0) is 21.3. The molecule has 0 bridgehead atoms. The molecule has 1 amide bonds. The van der Waals surface area contributed by atoms with Crippen LogP contribution in [0.5, 0.6) is 0 Å². The Hall–Kier alpha value is -2.16. The van der Waals surface area contributed by atoms with Crippen molar-refractivity contribution >= 4 is 61.9 Å². The summed E-state index contributed by atoms with van der Waals surface area (Å²) in [4.78, 5) is 17.9. The largest absolute Gasteiger partial charge is 0.385 e. The first kappa shape index (κ1) is 21.1. The number of fused-ring (bicyclic) bond motifs is 2. The fourth-order valence-electron chi connectivity index (χ4n) is 3.61. The second-order valence-corrected chi connectivity index (χ2v) is 8.82. The number of methoxy groups -OCH3 is 1. The van der Waals surface area contributed by atoms with Gasteiger partial charge in [-0.1, -0.05) is 11.6 Å². The van der Waals surface area contributed by atoms with Crippen LogP contribution in [0.1, 0.15) is 16.8 Å². The maximum atomic E-state index is 13.0. The predicted molar refractivity (Wildman–Crippen MR) is 130 cm³/mol. The lowest BCUT2D eigenvalue weighted by molar-refractivity contribution is 0.0950. The Morgan fingerprint density at radius 2 is 2.03 bits per heavy atom. The number of halogens is 2. The quantitative estimate of drug-likeness (QED) is 0.266. The van der Waals surface area contributed by atoms with E-state index in [1.165, 1.54) is 0 Å². The lowest BCUT2D eigenvalue weighted by atomic mass is 10.0. The number of aryl methyl sites for hydroxylation is 1. The lowest BCUT2D eigenvalue weighted by Gasteiger charge is -2.11. The minimum Gasteiger partial charge on any atom is -0.385 e. The fourth-order valence-corrected chi connectivity index (χ4v) is 4.27. The van der Waals surface area contributed by atoms with Gasteiger partial charge in [-0.2, -0.15) is 0 Å². The summed E-state index contributed by atoms with van der Waals surface area (Å²) in [6.45, 7) is 1.16. The molecule has 2 aromatic heterocycles. The van der Waals surface area contributed by atoms with E-state index < -0.39 is 0 Å². The third kappa shape index (κ3) is 4.17. The standard InChI is InChI=1S/C23H21ClIN3O2/c1-28-13-19(17-10-14(24)4-7-22(17)28)21-12-18(23(29)26-8-3-9-30-2)16-11-15(25)5-6-20(16)27-21/h4-7,10-13H,3,8-9H2,1-2H3,(H,26,29). The number of benzene rings is 2. The summed E-state index contributed by atoms with van der Waals surface area (Å²) >= 11 is 8.51. The van der Waals surface area contributed by atoms with E-state index in [4.69, 9.17) is 21.3 Å². The van der Waals surface area contributed by atoms with Gasteiger partial charge in [0.15, 0.2) is 0 Å². The van der Waals surface area contributed by atoms with Crippen LogP contribution in [-0.2, 0) is 11.8 Å². The van der Waals surface area contributed by atoms with E-state index in [2.05, 4.69) is 27.9 Å². The molecule has 0 aliphatic rings. The van der Waals surface area contributed by atoms with Gasteiger partial charge in [-0.3, -0.25) is 4.79 Å². The number of pyridine rings is 1. The van der Waals surface area contributed by atoms with E-state index in [9.17, 15) is 4.79 Å². The Morgan fingerprint density at radius 1 is 1.20 bits per heavy atom. The predicted octanol–water partition coefficient (Wildman–Crippen LogP) is 5.42. The highest BCUT2D eigenvalue weighted by atomic mass is 127. The van der Waals surface area contributed by atoms with Crippen molar-refractivity contribution < 1.29 is 9.53 Å². The summed E-state index contributed by atoms with van der Waals surface area (Å²) in [7, 11) is 3.65. The Kier molecular flexibility index (Phi) is 6.26. The number of ether oxygens (including phenoxy) is 1. The van der Waals surface area contributed by atoms with Gasteiger partial charge in [-0.05, 0) is 71.5 Å². The van der Waals surface area contributed by atoms with Gasteiger partial charge in [0.25, 0.3) is 5.91 Å². The smallest absolute Gasteiger partial charge is 0.252 e. The minimum atomic E-state index is -0.111. The van der Waals surface area contributed by atoms with Crippen molar-refractivity contribution in [2.75, 3.05) is 20.3 Å². The van der Waals surface area contributed by atoms with Gasteiger partial charge in [0.05, 0.1) is 16.8 Å². The molecular weight excluding hydrogens is 513 g/mol. The van der Waals surface area contributed by atoms with Gasteiger partial charge in [0.1, 0.15) is 0 Å². The number of amides is 1. The zero-order valence-corrected chi connectivity index (χ0v) is 19.6. The molecule has 2 heterocycles. The third-order valence-electron chi connectivity index (χ3n) is 5.05. The van der Waals surface area contributed by atoms with E-state index in [1.54, 1.807) is 7.11 Å². The molecule has 0 aliphatic heterocycles. The van der Waals surface area contributed by atoms with Crippen LogP contribution in [-0.4, -0.2) is 35.7 Å². The van der Waals surface area contributed by atoms with Gasteiger partial charge in [-0.25, -0.2) is 4.98 Å². The molecule has 30 heavy (non-hydrogen) atoms. The Balaban J connectivity index is 1.85. The molecular formula is C23H21ClIN3O2. The first-order valence-corrected chi connectivity index (χ1v) is 11.1. The number of nitrogens with zero attached hydrogens (tertiary/aromatic N) is 2. The molecule has 4 aromatic rings. The highest BCUT2D eigenvalue weighted by Gasteiger charge is 2.17. The summed E-state index contributed by atoms with van der Waals surface area (Å²) in [6, 6.07) is 13.6. The molecule has 0 saturated heterocycles. The van der Waals surface area contributed by atoms with E-state index in [0.29, 0.717) is 23.7 Å². The Labute approximate surface area is 193 Å². The number of hydrogen-bond donors (Lipinski definition) is 1. The van der Waals surface area contributed by atoms with Gasteiger partial charge in [-0.15, -0.1) is 0 Å². The van der Waals surface area contributed by atoms with E-state index >= 15 is 0 Å². The molecule has 4 rings (SSSR count). The topological polar surface area (TPSA) is 56.1 Å². The van der Waals surface area contributed by atoms with E-state index in [-0.39, 0.29) is 5.91 Å². The number of carbonyl (C=O) groups is 1. The van der Waals surface area contributed by atoms with Crippen LogP contribution in [0.15, 0.2) is 48.7 Å². The number of rotatable bonds is 6. The second-order valence-electron chi connectivity index (χ2n) is 7.13. The molecule has 0 spiro atoms. The number of carbonyl (C=O) groups excluding carboxylic acids is 1. The molecule has 0 fully saturated rings. The van der Waals surface area contributed by atoms with Crippen LogP contribution in [0.2, 0.25) is 5.02 Å². The molecule has 2 aromatic carbocycles. The van der Waals surface area contributed by atoms with Gasteiger partial charge >= 0.3 is 0 Å². The molecule has 154 valence electrons. The van der Waals surface area contributed by atoms with Crippen molar-refractivity contribution in [3.63, 3.8) is 0 Å².